The Kier molecular flexibility index (Phi) is 6.64. The van der Waals surface area contributed by atoms with E-state index in [2.05, 4.69) is 15.5 Å². The summed E-state index contributed by atoms with van der Waals surface area (Å²) >= 11 is 0. The minimum absolute atomic E-state index is 0.00263. The molecule has 0 saturated heterocycles. The van der Waals surface area contributed by atoms with Crippen LogP contribution in [0.15, 0.2) is 6.33 Å². The zero-order chi connectivity index (χ0) is 15.8. The van der Waals surface area contributed by atoms with Crippen molar-refractivity contribution in [3.63, 3.8) is 0 Å². The first kappa shape index (κ1) is 16.9. The van der Waals surface area contributed by atoms with Crippen LogP contribution in [0.5, 0.6) is 0 Å². The van der Waals surface area contributed by atoms with Crippen LogP contribution in [0.1, 0.15) is 39.4 Å². The second-order valence-corrected chi connectivity index (χ2v) is 4.98. The Bertz CT molecular complexity index is 472. The maximum absolute atomic E-state index is 12.2. The molecule has 118 valence electrons. The van der Waals surface area contributed by atoms with Crippen LogP contribution in [0.25, 0.3) is 0 Å². The molecule has 0 atom stereocenters. The average Bonchev–Trinajstić information content (AvgIpc) is 2.87. The minimum atomic E-state index is -0.852. The molecule has 0 spiro atoms. The van der Waals surface area contributed by atoms with Crippen LogP contribution in [-0.2, 0) is 17.9 Å². The van der Waals surface area contributed by atoms with Gasteiger partial charge in [-0.3, -0.25) is 4.79 Å². The van der Waals surface area contributed by atoms with Gasteiger partial charge < -0.3 is 19.9 Å². The number of urea groups is 1. The summed E-state index contributed by atoms with van der Waals surface area (Å²) in [5.41, 5.74) is 0. The highest BCUT2D eigenvalue weighted by Crippen LogP contribution is 2.03. The van der Waals surface area contributed by atoms with Gasteiger partial charge in [0.1, 0.15) is 6.33 Å². The standard InChI is InChI=1S/C13H23N5O3/c1-4-17-9-15-16-11(17)8-14-13(21)18(10(2)3)7-5-6-12(19)20/h9-10H,4-8H2,1-3H3,(H,14,21)(H,19,20). The molecule has 0 bridgehead atoms. The third-order valence-corrected chi connectivity index (χ3v) is 3.11. The number of hydrogen-bond acceptors (Lipinski definition) is 4. The molecule has 0 aromatic carbocycles. The molecule has 2 amide bonds. The largest absolute Gasteiger partial charge is 0.481 e. The predicted octanol–water partition coefficient (Wildman–Crippen LogP) is 1.08. The van der Waals surface area contributed by atoms with E-state index < -0.39 is 5.97 Å². The zero-order valence-electron chi connectivity index (χ0n) is 12.7. The first-order valence-corrected chi connectivity index (χ1v) is 7.08. The van der Waals surface area contributed by atoms with Crippen molar-refractivity contribution >= 4 is 12.0 Å². The quantitative estimate of drug-likeness (QED) is 0.748. The second-order valence-electron chi connectivity index (χ2n) is 4.98. The molecule has 8 heteroatoms. The third kappa shape index (κ3) is 5.41. The van der Waals surface area contributed by atoms with Crippen molar-refractivity contribution in [2.45, 2.75) is 52.7 Å². The Hall–Kier alpha value is -2.12. The molecule has 1 aromatic rings. The van der Waals surface area contributed by atoms with Gasteiger partial charge in [0.05, 0.1) is 6.54 Å². The fraction of sp³-hybridized carbons (Fsp3) is 0.692. The normalized spacial score (nSPS) is 10.7. The molecular weight excluding hydrogens is 274 g/mol. The number of amides is 2. The van der Waals surface area contributed by atoms with Gasteiger partial charge in [-0.25, -0.2) is 4.79 Å². The van der Waals surface area contributed by atoms with E-state index in [1.807, 2.05) is 25.3 Å². The van der Waals surface area contributed by atoms with Crippen LogP contribution in [-0.4, -0.2) is 49.4 Å². The molecule has 1 heterocycles. The van der Waals surface area contributed by atoms with Crippen molar-refractivity contribution in [2.75, 3.05) is 6.54 Å². The lowest BCUT2D eigenvalue weighted by Gasteiger charge is -2.26. The SMILES string of the molecule is CCn1cnnc1CNC(=O)N(CCCC(=O)O)C(C)C. The number of carboxylic acid groups (broad SMARTS) is 1. The Morgan fingerprint density at radius 3 is 2.76 bits per heavy atom. The van der Waals surface area contributed by atoms with E-state index in [0.29, 0.717) is 25.3 Å². The van der Waals surface area contributed by atoms with Crippen LogP contribution in [0.3, 0.4) is 0 Å². The Labute approximate surface area is 124 Å². The fourth-order valence-electron chi connectivity index (χ4n) is 1.93. The monoisotopic (exact) mass is 297 g/mol. The van der Waals surface area contributed by atoms with Gasteiger partial charge in [-0.15, -0.1) is 10.2 Å². The number of aryl methyl sites for hydroxylation is 1. The number of aromatic nitrogens is 3. The summed E-state index contributed by atoms with van der Waals surface area (Å²) in [6, 6.07) is -0.219. The highest BCUT2D eigenvalue weighted by atomic mass is 16.4. The van der Waals surface area contributed by atoms with E-state index in [0.717, 1.165) is 6.54 Å². The maximum Gasteiger partial charge on any atom is 0.318 e. The van der Waals surface area contributed by atoms with Crippen molar-refractivity contribution in [1.82, 2.24) is 25.0 Å². The third-order valence-electron chi connectivity index (χ3n) is 3.11. The summed E-state index contributed by atoms with van der Waals surface area (Å²) in [7, 11) is 0. The molecule has 1 rings (SSSR count). The van der Waals surface area contributed by atoms with Crippen LogP contribution in [0.2, 0.25) is 0 Å². The van der Waals surface area contributed by atoms with Crippen molar-refractivity contribution in [1.29, 1.82) is 0 Å². The summed E-state index contributed by atoms with van der Waals surface area (Å²) in [5, 5.41) is 19.2. The number of carbonyl (C=O) groups excluding carboxylic acids is 1. The van der Waals surface area contributed by atoms with E-state index in [-0.39, 0.29) is 18.5 Å². The topological polar surface area (TPSA) is 100 Å². The molecule has 0 fully saturated rings. The van der Waals surface area contributed by atoms with Gasteiger partial charge in [0, 0.05) is 25.6 Å². The molecule has 1 aromatic heterocycles. The van der Waals surface area contributed by atoms with Crippen LogP contribution < -0.4 is 5.32 Å². The molecule has 0 saturated carbocycles. The molecule has 2 N–H and O–H groups in total. The fourth-order valence-corrected chi connectivity index (χ4v) is 1.93. The highest BCUT2D eigenvalue weighted by Gasteiger charge is 2.17. The van der Waals surface area contributed by atoms with Crippen molar-refractivity contribution in [3.05, 3.63) is 12.2 Å². The highest BCUT2D eigenvalue weighted by molar-refractivity contribution is 5.74. The number of nitrogens with one attached hydrogen (secondary N) is 1. The van der Waals surface area contributed by atoms with Crippen LogP contribution >= 0.6 is 0 Å². The molecule has 0 unspecified atom stereocenters. The summed E-state index contributed by atoms with van der Waals surface area (Å²) in [6.07, 6.45) is 2.11. The number of rotatable bonds is 8. The Morgan fingerprint density at radius 1 is 1.48 bits per heavy atom. The lowest BCUT2D eigenvalue weighted by Crippen LogP contribution is -2.44. The molecule has 0 aliphatic rings. The number of nitrogens with zero attached hydrogens (tertiary/aromatic N) is 4. The van der Waals surface area contributed by atoms with Gasteiger partial charge in [-0.1, -0.05) is 0 Å². The molecule has 0 radical (unpaired) electrons. The maximum atomic E-state index is 12.2. The molecular formula is C13H23N5O3. The summed E-state index contributed by atoms with van der Waals surface area (Å²) in [6.45, 7) is 7.22. The first-order valence-electron chi connectivity index (χ1n) is 7.08. The number of hydrogen-bond donors (Lipinski definition) is 2. The van der Waals surface area contributed by atoms with Crippen LogP contribution in [0, 0.1) is 0 Å². The smallest absolute Gasteiger partial charge is 0.318 e. The second kappa shape index (κ2) is 8.23. The number of carboxylic acids is 1. The van der Waals surface area contributed by atoms with Gasteiger partial charge in [0.2, 0.25) is 0 Å². The van der Waals surface area contributed by atoms with Crippen molar-refractivity contribution < 1.29 is 14.7 Å². The van der Waals surface area contributed by atoms with E-state index in [1.54, 1.807) is 11.2 Å². The number of aliphatic carboxylic acids is 1. The van der Waals surface area contributed by atoms with Gasteiger partial charge in [-0.2, -0.15) is 0 Å². The van der Waals surface area contributed by atoms with Crippen LogP contribution in [0.4, 0.5) is 4.79 Å². The predicted molar refractivity (Wildman–Crippen MR) is 76.6 cm³/mol. The van der Waals surface area contributed by atoms with Crippen molar-refractivity contribution in [2.24, 2.45) is 0 Å². The Morgan fingerprint density at radius 2 is 2.19 bits per heavy atom. The Balaban J connectivity index is 2.51. The lowest BCUT2D eigenvalue weighted by atomic mass is 10.2. The van der Waals surface area contributed by atoms with E-state index in [1.165, 1.54) is 0 Å². The van der Waals surface area contributed by atoms with Gasteiger partial charge in [-0.05, 0) is 27.2 Å². The zero-order valence-corrected chi connectivity index (χ0v) is 12.7. The van der Waals surface area contributed by atoms with Gasteiger partial charge >= 0.3 is 12.0 Å². The lowest BCUT2D eigenvalue weighted by molar-refractivity contribution is -0.137. The molecule has 8 nitrogen and oxygen atoms in total. The summed E-state index contributed by atoms with van der Waals surface area (Å²) < 4.78 is 1.85. The van der Waals surface area contributed by atoms with Crippen molar-refractivity contribution in [3.8, 4) is 0 Å². The minimum Gasteiger partial charge on any atom is -0.481 e. The molecule has 0 aliphatic heterocycles. The van der Waals surface area contributed by atoms with E-state index in [9.17, 15) is 9.59 Å². The van der Waals surface area contributed by atoms with E-state index in [4.69, 9.17) is 5.11 Å². The number of carbonyl (C=O) groups is 2. The van der Waals surface area contributed by atoms with E-state index >= 15 is 0 Å². The molecule has 21 heavy (non-hydrogen) atoms. The molecule has 0 aliphatic carbocycles. The summed E-state index contributed by atoms with van der Waals surface area (Å²) in [4.78, 5) is 24.3. The van der Waals surface area contributed by atoms with Gasteiger partial charge in [0.25, 0.3) is 0 Å². The first-order chi connectivity index (χ1) is 9.95. The summed E-state index contributed by atoms with van der Waals surface area (Å²) in [5.74, 6) is -0.157. The van der Waals surface area contributed by atoms with Gasteiger partial charge in [0.15, 0.2) is 5.82 Å². The average molecular weight is 297 g/mol.